The summed E-state index contributed by atoms with van der Waals surface area (Å²) in [6.45, 7) is 0. The maximum Gasteiger partial charge on any atom is 0.141 e. The van der Waals surface area contributed by atoms with E-state index in [2.05, 4.69) is 0 Å². The first-order chi connectivity index (χ1) is 9.66. The summed E-state index contributed by atoms with van der Waals surface area (Å²) in [6.07, 6.45) is 0.939. The van der Waals surface area contributed by atoms with Crippen molar-refractivity contribution < 1.29 is 9.18 Å². The van der Waals surface area contributed by atoms with Gasteiger partial charge in [-0.25, -0.2) is 4.39 Å². The standard InChI is InChI=1S/C17H14ClFO/c18-15-7-4-8-16(19)14(15)10-17(20)13-9-12(13)11-5-2-1-3-6-11/h1-8,12-13H,9-10H2. The highest BCUT2D eigenvalue weighted by Crippen LogP contribution is 2.48. The van der Waals surface area contributed by atoms with Gasteiger partial charge in [-0.1, -0.05) is 48.0 Å². The van der Waals surface area contributed by atoms with Crippen molar-refractivity contribution in [3.8, 4) is 0 Å². The summed E-state index contributed by atoms with van der Waals surface area (Å²) in [5.41, 5.74) is 1.50. The molecule has 0 aromatic heterocycles. The number of Topliss-reactive ketones (excluding diaryl/α,β-unsaturated/α-hetero) is 1. The molecule has 20 heavy (non-hydrogen) atoms. The zero-order valence-corrected chi connectivity index (χ0v) is 11.6. The molecule has 1 aliphatic rings. The van der Waals surface area contributed by atoms with Crippen LogP contribution in [-0.4, -0.2) is 5.78 Å². The van der Waals surface area contributed by atoms with E-state index in [1.807, 2.05) is 30.3 Å². The maximum atomic E-state index is 13.7. The molecule has 0 heterocycles. The molecule has 2 aromatic rings. The Morgan fingerprint density at radius 1 is 1.15 bits per heavy atom. The van der Waals surface area contributed by atoms with Crippen molar-refractivity contribution in [3.05, 3.63) is 70.5 Å². The van der Waals surface area contributed by atoms with Crippen LogP contribution in [0, 0.1) is 11.7 Å². The SMILES string of the molecule is O=C(Cc1c(F)cccc1Cl)C1CC1c1ccccc1. The molecule has 0 N–H and O–H groups in total. The van der Waals surface area contributed by atoms with Gasteiger partial charge < -0.3 is 0 Å². The van der Waals surface area contributed by atoms with Crippen LogP contribution in [0.3, 0.4) is 0 Å². The minimum atomic E-state index is -0.400. The van der Waals surface area contributed by atoms with Gasteiger partial charge in [-0.05, 0) is 30.0 Å². The molecule has 2 atom stereocenters. The summed E-state index contributed by atoms with van der Waals surface area (Å²) >= 11 is 5.96. The number of carbonyl (C=O) groups is 1. The van der Waals surface area contributed by atoms with Gasteiger partial charge in [0.25, 0.3) is 0 Å². The molecule has 3 heteroatoms. The molecule has 0 aliphatic heterocycles. The average Bonchev–Trinajstić information content (AvgIpc) is 3.24. The molecule has 0 saturated heterocycles. The topological polar surface area (TPSA) is 17.1 Å². The number of halogens is 2. The predicted molar refractivity (Wildman–Crippen MR) is 77.4 cm³/mol. The Bertz CT molecular complexity index is 618. The number of rotatable bonds is 4. The summed E-state index contributed by atoms with van der Waals surface area (Å²) < 4.78 is 13.7. The molecule has 3 rings (SSSR count). The van der Waals surface area contributed by atoms with Gasteiger partial charge in [-0.15, -0.1) is 0 Å². The quantitative estimate of drug-likeness (QED) is 0.815. The lowest BCUT2D eigenvalue weighted by Gasteiger charge is -2.05. The monoisotopic (exact) mass is 288 g/mol. The van der Waals surface area contributed by atoms with E-state index in [1.165, 1.54) is 11.6 Å². The van der Waals surface area contributed by atoms with Crippen molar-refractivity contribution >= 4 is 17.4 Å². The largest absolute Gasteiger partial charge is 0.299 e. The second kappa shape index (κ2) is 5.37. The van der Waals surface area contributed by atoms with Crippen molar-refractivity contribution in [3.63, 3.8) is 0 Å². The van der Waals surface area contributed by atoms with Gasteiger partial charge in [-0.2, -0.15) is 0 Å². The van der Waals surface area contributed by atoms with Crippen molar-refractivity contribution in [1.82, 2.24) is 0 Å². The molecule has 1 fully saturated rings. The van der Waals surface area contributed by atoms with Crippen LogP contribution in [-0.2, 0) is 11.2 Å². The molecule has 0 radical (unpaired) electrons. The van der Waals surface area contributed by atoms with Gasteiger partial charge in [0.15, 0.2) is 0 Å². The van der Waals surface area contributed by atoms with Crippen molar-refractivity contribution in [2.45, 2.75) is 18.8 Å². The summed E-state index contributed by atoms with van der Waals surface area (Å²) in [5, 5.41) is 0.329. The zero-order chi connectivity index (χ0) is 14.1. The summed E-state index contributed by atoms with van der Waals surface area (Å²) in [4.78, 5) is 12.2. The fourth-order valence-electron chi connectivity index (χ4n) is 2.63. The molecule has 1 saturated carbocycles. The molecule has 0 amide bonds. The average molecular weight is 289 g/mol. The van der Waals surface area contributed by atoms with E-state index in [1.54, 1.807) is 12.1 Å². The number of hydrogen-bond donors (Lipinski definition) is 0. The Labute approximate surface area is 122 Å². The number of carbonyl (C=O) groups excluding carboxylic acids is 1. The van der Waals surface area contributed by atoms with Crippen LogP contribution >= 0.6 is 11.6 Å². The van der Waals surface area contributed by atoms with Gasteiger partial charge >= 0.3 is 0 Å². The Morgan fingerprint density at radius 3 is 2.60 bits per heavy atom. The lowest BCUT2D eigenvalue weighted by molar-refractivity contribution is -0.119. The normalized spacial score (nSPS) is 20.7. The Morgan fingerprint density at radius 2 is 1.90 bits per heavy atom. The first kappa shape index (κ1) is 13.3. The molecule has 2 unspecified atom stereocenters. The highest BCUT2D eigenvalue weighted by Gasteiger charge is 2.43. The maximum absolute atomic E-state index is 13.7. The molecular formula is C17H14ClFO. The van der Waals surface area contributed by atoms with Gasteiger partial charge in [0, 0.05) is 22.9 Å². The third-order valence-corrected chi connectivity index (χ3v) is 4.20. The first-order valence-corrected chi connectivity index (χ1v) is 7.05. The molecular weight excluding hydrogens is 275 g/mol. The summed E-state index contributed by atoms with van der Waals surface area (Å²) in [5.74, 6) is -0.0315. The minimum absolute atomic E-state index is 0.00747. The smallest absolute Gasteiger partial charge is 0.141 e. The second-order valence-electron chi connectivity index (χ2n) is 5.20. The van der Waals surface area contributed by atoms with Crippen LogP contribution in [0.4, 0.5) is 4.39 Å². The number of hydrogen-bond acceptors (Lipinski definition) is 1. The van der Waals surface area contributed by atoms with Gasteiger partial charge in [0.05, 0.1) is 0 Å². The van der Waals surface area contributed by atoms with Crippen LogP contribution < -0.4 is 0 Å². The highest BCUT2D eigenvalue weighted by atomic mass is 35.5. The van der Waals surface area contributed by atoms with E-state index >= 15 is 0 Å². The molecule has 2 aromatic carbocycles. The van der Waals surface area contributed by atoms with E-state index in [4.69, 9.17) is 11.6 Å². The molecule has 1 aliphatic carbocycles. The van der Waals surface area contributed by atoms with Gasteiger partial charge in [0.1, 0.15) is 11.6 Å². The van der Waals surface area contributed by atoms with Crippen LogP contribution in [0.1, 0.15) is 23.5 Å². The molecule has 1 nitrogen and oxygen atoms in total. The Hall–Kier alpha value is -1.67. The van der Waals surface area contributed by atoms with Crippen LogP contribution in [0.5, 0.6) is 0 Å². The van der Waals surface area contributed by atoms with Crippen LogP contribution in [0.25, 0.3) is 0 Å². The Balaban J connectivity index is 1.70. The minimum Gasteiger partial charge on any atom is -0.299 e. The van der Waals surface area contributed by atoms with Crippen molar-refractivity contribution in [2.75, 3.05) is 0 Å². The Kier molecular flexibility index (Phi) is 3.58. The predicted octanol–water partition coefficient (Wildman–Crippen LogP) is 4.39. The number of ketones is 1. The fraction of sp³-hybridized carbons (Fsp3) is 0.235. The van der Waals surface area contributed by atoms with E-state index in [-0.39, 0.29) is 24.0 Å². The molecule has 102 valence electrons. The van der Waals surface area contributed by atoms with E-state index in [0.717, 1.165) is 6.42 Å². The summed E-state index contributed by atoms with van der Waals surface area (Å²) in [6, 6.07) is 14.5. The molecule has 0 spiro atoms. The fourth-order valence-corrected chi connectivity index (χ4v) is 2.86. The lowest BCUT2D eigenvalue weighted by Crippen LogP contribution is -2.08. The third-order valence-electron chi connectivity index (χ3n) is 3.84. The van der Waals surface area contributed by atoms with E-state index < -0.39 is 5.82 Å². The van der Waals surface area contributed by atoms with Crippen LogP contribution in [0.2, 0.25) is 5.02 Å². The number of benzene rings is 2. The third kappa shape index (κ3) is 2.61. The lowest BCUT2D eigenvalue weighted by atomic mass is 10.0. The van der Waals surface area contributed by atoms with Crippen LogP contribution in [0.15, 0.2) is 48.5 Å². The zero-order valence-electron chi connectivity index (χ0n) is 10.9. The molecule has 0 bridgehead atoms. The van der Waals surface area contributed by atoms with Crippen molar-refractivity contribution in [2.24, 2.45) is 5.92 Å². The van der Waals surface area contributed by atoms with E-state index in [9.17, 15) is 9.18 Å². The second-order valence-corrected chi connectivity index (χ2v) is 5.61. The van der Waals surface area contributed by atoms with Gasteiger partial charge in [0.2, 0.25) is 0 Å². The highest BCUT2D eigenvalue weighted by molar-refractivity contribution is 6.31. The van der Waals surface area contributed by atoms with Gasteiger partial charge in [-0.3, -0.25) is 4.79 Å². The summed E-state index contributed by atoms with van der Waals surface area (Å²) in [7, 11) is 0. The first-order valence-electron chi connectivity index (χ1n) is 6.67. The van der Waals surface area contributed by atoms with E-state index in [0.29, 0.717) is 10.6 Å². The van der Waals surface area contributed by atoms with Crippen molar-refractivity contribution in [1.29, 1.82) is 0 Å².